The number of carbonyl (C=O) groups is 1. The lowest BCUT2D eigenvalue weighted by atomic mass is 10.2. The normalized spacial score (nSPS) is 12.2. The Kier molecular flexibility index (Phi) is 3.97. The molecule has 0 radical (unpaired) electrons. The predicted molar refractivity (Wildman–Crippen MR) is 72.5 cm³/mol. The highest BCUT2D eigenvalue weighted by Crippen LogP contribution is 2.18. The van der Waals surface area contributed by atoms with E-state index >= 15 is 0 Å². The van der Waals surface area contributed by atoms with Crippen LogP contribution in [0.1, 0.15) is 17.4 Å². The van der Waals surface area contributed by atoms with Crippen LogP contribution in [0, 0.1) is 0 Å². The Morgan fingerprint density at radius 3 is 2.74 bits per heavy atom. The number of oxazole rings is 1. The maximum absolute atomic E-state index is 12.1. The van der Waals surface area contributed by atoms with E-state index in [0.717, 1.165) is 5.56 Å². The van der Waals surface area contributed by atoms with Gasteiger partial charge in [0.1, 0.15) is 6.26 Å². The van der Waals surface area contributed by atoms with Gasteiger partial charge in [-0.25, -0.2) is 4.98 Å². The fourth-order valence-corrected chi connectivity index (χ4v) is 1.62. The van der Waals surface area contributed by atoms with Crippen molar-refractivity contribution in [3.05, 3.63) is 42.3 Å². The number of aromatic nitrogens is 1. The second kappa shape index (κ2) is 5.67. The average Bonchev–Trinajstić information content (AvgIpc) is 2.95. The molecule has 1 unspecified atom stereocenters. The highest BCUT2D eigenvalue weighted by atomic mass is 16.3. The molecule has 5 heteroatoms. The average molecular weight is 259 g/mol. The van der Waals surface area contributed by atoms with Crippen molar-refractivity contribution in [2.75, 3.05) is 13.6 Å². The molecule has 2 aromatic rings. The van der Waals surface area contributed by atoms with Gasteiger partial charge in [0.15, 0.2) is 5.69 Å². The molecule has 0 bridgehead atoms. The summed E-state index contributed by atoms with van der Waals surface area (Å²) in [4.78, 5) is 17.9. The van der Waals surface area contributed by atoms with E-state index in [9.17, 15) is 4.79 Å². The quantitative estimate of drug-likeness (QED) is 0.908. The van der Waals surface area contributed by atoms with Crippen molar-refractivity contribution in [2.24, 2.45) is 5.73 Å². The molecule has 5 nitrogen and oxygen atoms in total. The van der Waals surface area contributed by atoms with E-state index in [1.165, 1.54) is 6.26 Å². The van der Waals surface area contributed by atoms with Gasteiger partial charge in [0.05, 0.1) is 0 Å². The first-order valence-electron chi connectivity index (χ1n) is 6.11. The maximum atomic E-state index is 12.1. The number of amides is 1. The van der Waals surface area contributed by atoms with Crippen molar-refractivity contribution in [1.29, 1.82) is 0 Å². The Morgan fingerprint density at radius 1 is 1.42 bits per heavy atom. The minimum absolute atomic E-state index is 0.0376. The molecule has 1 aromatic heterocycles. The summed E-state index contributed by atoms with van der Waals surface area (Å²) in [6, 6.07) is 9.42. The monoisotopic (exact) mass is 259 g/mol. The number of likely N-dealkylation sites (N-methyl/N-ethyl adjacent to an activating group) is 1. The zero-order valence-electron chi connectivity index (χ0n) is 11.0. The Balaban J connectivity index is 2.20. The summed E-state index contributed by atoms with van der Waals surface area (Å²) in [5.41, 5.74) is 6.68. The van der Waals surface area contributed by atoms with Gasteiger partial charge in [-0.15, -0.1) is 0 Å². The van der Waals surface area contributed by atoms with Gasteiger partial charge < -0.3 is 15.1 Å². The van der Waals surface area contributed by atoms with E-state index < -0.39 is 0 Å². The Hall–Kier alpha value is -2.14. The van der Waals surface area contributed by atoms with Gasteiger partial charge in [0.2, 0.25) is 5.89 Å². The van der Waals surface area contributed by atoms with E-state index in [1.54, 1.807) is 11.9 Å². The van der Waals surface area contributed by atoms with Crippen LogP contribution < -0.4 is 5.73 Å². The van der Waals surface area contributed by atoms with Crippen molar-refractivity contribution >= 4 is 5.91 Å². The van der Waals surface area contributed by atoms with Crippen molar-refractivity contribution in [2.45, 2.75) is 13.0 Å². The molecule has 1 aromatic carbocycles. The molecule has 2 N–H and O–H groups in total. The Labute approximate surface area is 112 Å². The number of hydrogen-bond donors (Lipinski definition) is 1. The third-order valence-corrected chi connectivity index (χ3v) is 3.07. The first kappa shape index (κ1) is 13.3. The van der Waals surface area contributed by atoms with Crippen LogP contribution in [0.4, 0.5) is 0 Å². The van der Waals surface area contributed by atoms with Gasteiger partial charge in [0, 0.05) is 25.2 Å². The molecule has 1 heterocycles. The van der Waals surface area contributed by atoms with Gasteiger partial charge in [-0.05, 0) is 19.1 Å². The van der Waals surface area contributed by atoms with Crippen LogP contribution in [0.3, 0.4) is 0 Å². The number of benzene rings is 1. The number of hydrogen-bond acceptors (Lipinski definition) is 4. The second-order valence-corrected chi connectivity index (χ2v) is 4.40. The lowest BCUT2D eigenvalue weighted by molar-refractivity contribution is 0.0742. The first-order valence-corrected chi connectivity index (χ1v) is 6.11. The molecule has 0 spiro atoms. The third kappa shape index (κ3) is 2.82. The lowest BCUT2D eigenvalue weighted by Crippen LogP contribution is -2.39. The summed E-state index contributed by atoms with van der Waals surface area (Å²) < 4.78 is 5.35. The summed E-state index contributed by atoms with van der Waals surface area (Å²) in [5.74, 6) is 0.252. The fourth-order valence-electron chi connectivity index (χ4n) is 1.62. The molecule has 2 rings (SSSR count). The van der Waals surface area contributed by atoms with E-state index in [1.807, 2.05) is 37.3 Å². The second-order valence-electron chi connectivity index (χ2n) is 4.40. The van der Waals surface area contributed by atoms with Crippen LogP contribution >= 0.6 is 0 Å². The SMILES string of the molecule is CC(CN)N(C)C(=O)c1coc(-c2ccccc2)n1. The molecule has 0 aliphatic carbocycles. The molecular formula is C14H17N3O2. The van der Waals surface area contributed by atoms with Crippen LogP contribution in [-0.4, -0.2) is 35.4 Å². The first-order chi connectivity index (χ1) is 9.13. The minimum Gasteiger partial charge on any atom is -0.444 e. The predicted octanol–water partition coefficient (Wildman–Crippen LogP) is 1.76. The molecule has 0 aliphatic rings. The number of nitrogens with two attached hydrogens (primary N) is 1. The zero-order chi connectivity index (χ0) is 13.8. The summed E-state index contributed by atoms with van der Waals surface area (Å²) in [7, 11) is 1.71. The lowest BCUT2D eigenvalue weighted by Gasteiger charge is -2.22. The van der Waals surface area contributed by atoms with Crippen LogP contribution in [0.25, 0.3) is 11.5 Å². The van der Waals surface area contributed by atoms with Crippen molar-refractivity contribution in [1.82, 2.24) is 9.88 Å². The summed E-state index contributed by atoms with van der Waals surface area (Å²) in [6.07, 6.45) is 1.38. The standard InChI is InChI=1S/C14H17N3O2/c1-10(8-15)17(2)14(18)12-9-19-13(16-12)11-6-4-3-5-7-11/h3-7,9-10H,8,15H2,1-2H3. The van der Waals surface area contributed by atoms with E-state index in [4.69, 9.17) is 10.2 Å². The molecule has 1 amide bonds. The van der Waals surface area contributed by atoms with E-state index in [-0.39, 0.29) is 11.9 Å². The minimum atomic E-state index is -0.191. The molecule has 0 aliphatic heterocycles. The van der Waals surface area contributed by atoms with Crippen LogP contribution in [0.15, 0.2) is 41.0 Å². The highest BCUT2D eigenvalue weighted by Gasteiger charge is 2.20. The fraction of sp³-hybridized carbons (Fsp3) is 0.286. The summed E-state index contributed by atoms with van der Waals surface area (Å²) in [5, 5.41) is 0. The summed E-state index contributed by atoms with van der Waals surface area (Å²) >= 11 is 0. The molecule has 0 saturated heterocycles. The number of carbonyl (C=O) groups excluding carboxylic acids is 1. The van der Waals surface area contributed by atoms with Gasteiger partial charge in [0.25, 0.3) is 5.91 Å². The van der Waals surface area contributed by atoms with Gasteiger partial charge >= 0.3 is 0 Å². The van der Waals surface area contributed by atoms with Crippen LogP contribution in [0.2, 0.25) is 0 Å². The highest BCUT2D eigenvalue weighted by molar-refractivity contribution is 5.92. The van der Waals surface area contributed by atoms with Gasteiger partial charge in [-0.3, -0.25) is 4.79 Å². The number of nitrogens with zero attached hydrogens (tertiary/aromatic N) is 2. The van der Waals surface area contributed by atoms with Crippen LogP contribution in [-0.2, 0) is 0 Å². The van der Waals surface area contributed by atoms with Crippen LogP contribution in [0.5, 0.6) is 0 Å². The van der Waals surface area contributed by atoms with E-state index in [0.29, 0.717) is 18.1 Å². The van der Waals surface area contributed by atoms with Crippen molar-refractivity contribution in [3.63, 3.8) is 0 Å². The van der Waals surface area contributed by atoms with Crippen molar-refractivity contribution < 1.29 is 9.21 Å². The molecule has 0 fully saturated rings. The van der Waals surface area contributed by atoms with Gasteiger partial charge in [-0.2, -0.15) is 0 Å². The third-order valence-electron chi connectivity index (χ3n) is 3.07. The zero-order valence-corrected chi connectivity index (χ0v) is 11.0. The molecule has 1 atom stereocenters. The number of rotatable bonds is 4. The topological polar surface area (TPSA) is 72.4 Å². The molecule has 100 valence electrons. The summed E-state index contributed by atoms with van der Waals surface area (Å²) in [6.45, 7) is 2.29. The molecule has 0 saturated carbocycles. The molecule has 19 heavy (non-hydrogen) atoms. The van der Waals surface area contributed by atoms with E-state index in [2.05, 4.69) is 4.98 Å². The largest absolute Gasteiger partial charge is 0.444 e. The van der Waals surface area contributed by atoms with Gasteiger partial charge in [-0.1, -0.05) is 18.2 Å². The Morgan fingerprint density at radius 2 is 2.11 bits per heavy atom. The molecular weight excluding hydrogens is 242 g/mol. The smallest absolute Gasteiger partial charge is 0.275 e. The Bertz CT molecular complexity index is 551. The maximum Gasteiger partial charge on any atom is 0.275 e. The van der Waals surface area contributed by atoms with Crippen molar-refractivity contribution in [3.8, 4) is 11.5 Å².